The fourth-order valence-corrected chi connectivity index (χ4v) is 3.91. The number of aromatic nitrogens is 4. The number of benzene rings is 1. The van der Waals surface area contributed by atoms with Crippen LogP contribution in [0.5, 0.6) is 11.5 Å². The van der Waals surface area contributed by atoms with Crippen LogP contribution in [-0.2, 0) is 17.9 Å². The minimum absolute atomic E-state index is 0.0818. The molecule has 3 heterocycles. The summed E-state index contributed by atoms with van der Waals surface area (Å²) in [5.41, 5.74) is 1.54. The maximum Gasteiger partial charge on any atom is 0.242 e. The lowest BCUT2D eigenvalue weighted by Crippen LogP contribution is -2.28. The lowest BCUT2D eigenvalue weighted by Gasteiger charge is -2.21. The van der Waals surface area contributed by atoms with Gasteiger partial charge in [-0.05, 0) is 25.0 Å². The van der Waals surface area contributed by atoms with Gasteiger partial charge in [0.1, 0.15) is 30.2 Å². The minimum Gasteiger partial charge on any atom is -0.497 e. The number of methoxy groups -OCH3 is 2. The Morgan fingerprint density at radius 1 is 1.10 bits per heavy atom. The number of nitrogens with zero attached hydrogens (tertiary/aromatic N) is 5. The van der Waals surface area contributed by atoms with Crippen LogP contribution in [0.2, 0.25) is 0 Å². The maximum atomic E-state index is 12.6. The van der Waals surface area contributed by atoms with Gasteiger partial charge < -0.3 is 19.7 Å². The van der Waals surface area contributed by atoms with Crippen molar-refractivity contribution >= 4 is 22.8 Å². The second kappa shape index (κ2) is 9.63. The molecule has 0 spiro atoms. The molecule has 1 saturated heterocycles. The Hall–Kier alpha value is -3.36. The topological polar surface area (TPSA) is 94.4 Å². The molecule has 1 N–H and O–H groups in total. The van der Waals surface area contributed by atoms with Gasteiger partial charge in [0.25, 0.3) is 0 Å². The first-order valence-electron chi connectivity index (χ1n) is 10.6. The molecule has 0 atom stereocenters. The smallest absolute Gasteiger partial charge is 0.242 e. The van der Waals surface area contributed by atoms with Crippen molar-refractivity contribution < 1.29 is 14.3 Å². The third kappa shape index (κ3) is 4.70. The van der Waals surface area contributed by atoms with Crippen molar-refractivity contribution in [3.8, 4) is 11.5 Å². The van der Waals surface area contributed by atoms with Gasteiger partial charge in [0, 0.05) is 31.3 Å². The summed E-state index contributed by atoms with van der Waals surface area (Å²) in [5.74, 6) is 2.12. The van der Waals surface area contributed by atoms with E-state index in [4.69, 9.17) is 9.47 Å². The number of carbonyl (C=O) groups excluding carboxylic acids is 1. The van der Waals surface area contributed by atoms with Crippen molar-refractivity contribution in [1.29, 1.82) is 0 Å². The zero-order valence-electron chi connectivity index (χ0n) is 18.0. The Bertz CT molecular complexity index is 1040. The van der Waals surface area contributed by atoms with E-state index in [1.807, 2.05) is 12.1 Å². The molecule has 9 nitrogen and oxygen atoms in total. The van der Waals surface area contributed by atoms with Gasteiger partial charge in [-0.15, -0.1) is 0 Å². The van der Waals surface area contributed by atoms with E-state index in [0.29, 0.717) is 23.7 Å². The van der Waals surface area contributed by atoms with E-state index in [1.165, 1.54) is 12.8 Å². The number of anilines is 1. The van der Waals surface area contributed by atoms with Gasteiger partial charge in [-0.1, -0.05) is 12.8 Å². The lowest BCUT2D eigenvalue weighted by molar-refractivity contribution is -0.121. The van der Waals surface area contributed by atoms with E-state index in [-0.39, 0.29) is 12.5 Å². The summed E-state index contributed by atoms with van der Waals surface area (Å²) < 4.78 is 12.2. The summed E-state index contributed by atoms with van der Waals surface area (Å²) >= 11 is 0. The first-order valence-corrected chi connectivity index (χ1v) is 10.6. The Morgan fingerprint density at radius 2 is 1.90 bits per heavy atom. The molecule has 0 aliphatic carbocycles. The highest BCUT2D eigenvalue weighted by molar-refractivity contribution is 5.87. The van der Waals surface area contributed by atoms with Crippen molar-refractivity contribution in [2.24, 2.45) is 0 Å². The molecule has 1 amide bonds. The fourth-order valence-electron chi connectivity index (χ4n) is 3.91. The van der Waals surface area contributed by atoms with Crippen LogP contribution < -0.4 is 19.7 Å². The van der Waals surface area contributed by atoms with Gasteiger partial charge in [-0.3, -0.25) is 4.79 Å². The van der Waals surface area contributed by atoms with E-state index < -0.39 is 0 Å². The van der Waals surface area contributed by atoms with Gasteiger partial charge in [-0.2, -0.15) is 5.10 Å². The molecule has 0 radical (unpaired) electrons. The number of nitrogens with one attached hydrogen (secondary N) is 1. The van der Waals surface area contributed by atoms with Crippen molar-refractivity contribution in [2.45, 2.75) is 38.8 Å². The van der Waals surface area contributed by atoms with Crippen LogP contribution in [0.3, 0.4) is 0 Å². The van der Waals surface area contributed by atoms with Crippen LogP contribution in [-0.4, -0.2) is 53.0 Å². The SMILES string of the molecule is COc1ccc(CNC(=O)Cn2ncc3c(N4CCCCCC4)ncnc32)c(OC)c1. The van der Waals surface area contributed by atoms with Crippen LogP contribution in [0.15, 0.2) is 30.7 Å². The van der Waals surface area contributed by atoms with Gasteiger partial charge in [0.2, 0.25) is 5.91 Å². The molecule has 9 heteroatoms. The fraction of sp³-hybridized carbons (Fsp3) is 0.455. The maximum absolute atomic E-state index is 12.6. The van der Waals surface area contributed by atoms with Gasteiger partial charge in [0.05, 0.1) is 25.8 Å². The molecular formula is C22H28N6O3. The number of carbonyl (C=O) groups is 1. The number of hydrogen-bond donors (Lipinski definition) is 1. The van der Waals surface area contributed by atoms with Gasteiger partial charge in [-0.25, -0.2) is 14.6 Å². The summed E-state index contributed by atoms with van der Waals surface area (Å²) in [6.45, 7) is 2.40. The van der Waals surface area contributed by atoms with Crippen molar-refractivity contribution in [1.82, 2.24) is 25.1 Å². The molecule has 1 aliphatic heterocycles. The van der Waals surface area contributed by atoms with Crippen LogP contribution in [0, 0.1) is 0 Å². The monoisotopic (exact) mass is 424 g/mol. The second-order valence-corrected chi connectivity index (χ2v) is 7.59. The highest BCUT2D eigenvalue weighted by Gasteiger charge is 2.18. The van der Waals surface area contributed by atoms with Gasteiger partial charge >= 0.3 is 0 Å². The molecule has 0 unspecified atom stereocenters. The average Bonchev–Trinajstić information content (AvgIpc) is 3.02. The molecule has 3 aromatic rings. The minimum atomic E-state index is -0.155. The molecule has 1 aliphatic rings. The number of rotatable bonds is 7. The third-order valence-electron chi connectivity index (χ3n) is 5.58. The summed E-state index contributed by atoms with van der Waals surface area (Å²) in [6.07, 6.45) is 8.15. The highest BCUT2D eigenvalue weighted by Crippen LogP contribution is 2.26. The predicted octanol–water partition coefficient (Wildman–Crippen LogP) is 2.54. The van der Waals surface area contributed by atoms with Crippen molar-refractivity contribution in [2.75, 3.05) is 32.2 Å². The first kappa shape index (κ1) is 20.9. The molecule has 0 bridgehead atoms. The van der Waals surface area contributed by atoms with E-state index in [2.05, 4.69) is 25.3 Å². The summed E-state index contributed by atoms with van der Waals surface area (Å²) in [5, 5.41) is 8.22. The predicted molar refractivity (Wildman–Crippen MR) is 117 cm³/mol. The Balaban J connectivity index is 1.45. The molecular weight excluding hydrogens is 396 g/mol. The normalized spacial score (nSPS) is 14.3. The van der Waals surface area contributed by atoms with Crippen LogP contribution in [0.1, 0.15) is 31.2 Å². The summed E-state index contributed by atoms with van der Waals surface area (Å²) in [4.78, 5) is 23.8. The summed E-state index contributed by atoms with van der Waals surface area (Å²) in [6, 6.07) is 5.51. The van der Waals surface area contributed by atoms with Crippen molar-refractivity contribution in [3.05, 3.63) is 36.3 Å². The quantitative estimate of drug-likeness (QED) is 0.623. The Kier molecular flexibility index (Phi) is 6.49. The van der Waals surface area contributed by atoms with Crippen molar-refractivity contribution in [3.63, 3.8) is 0 Å². The summed E-state index contributed by atoms with van der Waals surface area (Å²) in [7, 11) is 3.20. The zero-order valence-corrected chi connectivity index (χ0v) is 18.0. The van der Waals surface area contributed by atoms with Crippen LogP contribution >= 0.6 is 0 Å². The first-order chi connectivity index (χ1) is 15.2. The Morgan fingerprint density at radius 3 is 2.65 bits per heavy atom. The molecule has 1 fully saturated rings. The number of fused-ring (bicyclic) bond motifs is 1. The highest BCUT2D eigenvalue weighted by atomic mass is 16.5. The van der Waals surface area contributed by atoms with Crippen LogP contribution in [0.25, 0.3) is 11.0 Å². The molecule has 1 aromatic carbocycles. The van der Waals surface area contributed by atoms with E-state index in [1.54, 1.807) is 37.5 Å². The van der Waals surface area contributed by atoms with Gasteiger partial charge in [0.15, 0.2) is 5.65 Å². The number of hydrogen-bond acceptors (Lipinski definition) is 7. The average molecular weight is 425 g/mol. The van der Waals surface area contributed by atoms with Crippen LogP contribution in [0.4, 0.5) is 5.82 Å². The standard InChI is InChI=1S/C22H28N6O3/c1-30-17-8-7-16(19(11-17)31-2)12-23-20(29)14-28-22-18(13-26-28)21(24-15-25-22)27-9-5-3-4-6-10-27/h7-8,11,13,15H,3-6,9-10,12,14H2,1-2H3,(H,23,29). The van der Waals surface area contributed by atoms with E-state index >= 15 is 0 Å². The number of ether oxygens (including phenoxy) is 2. The molecule has 31 heavy (non-hydrogen) atoms. The largest absolute Gasteiger partial charge is 0.497 e. The molecule has 164 valence electrons. The lowest BCUT2D eigenvalue weighted by atomic mass is 10.2. The van der Waals surface area contributed by atoms with E-state index in [0.717, 1.165) is 42.7 Å². The van der Waals surface area contributed by atoms with E-state index in [9.17, 15) is 4.79 Å². The molecule has 4 rings (SSSR count). The second-order valence-electron chi connectivity index (χ2n) is 7.59. The number of amides is 1. The molecule has 0 saturated carbocycles. The zero-order chi connectivity index (χ0) is 21.6. The molecule has 2 aromatic heterocycles. The third-order valence-corrected chi connectivity index (χ3v) is 5.58. The Labute approximate surface area is 181 Å².